The molecule has 0 atom stereocenters. The Labute approximate surface area is 132 Å². The first-order valence-electron chi connectivity index (χ1n) is 5.70. The lowest BCUT2D eigenvalue weighted by atomic mass is 10.2. The summed E-state index contributed by atoms with van der Waals surface area (Å²) in [5, 5.41) is 8.79. The van der Waals surface area contributed by atoms with E-state index in [0.29, 0.717) is 10.5 Å². The van der Waals surface area contributed by atoms with E-state index in [-0.39, 0.29) is 5.56 Å². The highest BCUT2D eigenvalue weighted by molar-refractivity contribution is 14.1. The highest BCUT2D eigenvalue weighted by Crippen LogP contribution is 2.23. The van der Waals surface area contributed by atoms with Crippen LogP contribution in [0.25, 0.3) is 16.7 Å². The van der Waals surface area contributed by atoms with E-state index < -0.39 is 5.82 Å². The summed E-state index contributed by atoms with van der Waals surface area (Å²) < 4.78 is 17.3. The van der Waals surface area contributed by atoms with Gasteiger partial charge in [0, 0.05) is 3.57 Å². The van der Waals surface area contributed by atoms with Gasteiger partial charge in [-0.3, -0.25) is 4.57 Å². The maximum absolute atomic E-state index is 14.2. The third kappa shape index (κ3) is 2.13. The van der Waals surface area contributed by atoms with Crippen LogP contribution in [0.5, 0.6) is 0 Å². The van der Waals surface area contributed by atoms with Crippen molar-refractivity contribution in [1.29, 1.82) is 5.26 Å². The van der Waals surface area contributed by atoms with E-state index in [1.54, 1.807) is 16.7 Å². The molecule has 0 bridgehead atoms. The van der Waals surface area contributed by atoms with E-state index in [9.17, 15) is 4.39 Å². The number of nitrogens with one attached hydrogen (secondary N) is 1. The van der Waals surface area contributed by atoms with E-state index in [1.165, 1.54) is 6.07 Å². The highest BCUT2D eigenvalue weighted by Gasteiger charge is 2.11. The van der Waals surface area contributed by atoms with Gasteiger partial charge in [-0.25, -0.2) is 4.39 Å². The quantitative estimate of drug-likeness (QED) is 0.493. The second-order valence-corrected chi connectivity index (χ2v) is 5.84. The summed E-state index contributed by atoms with van der Waals surface area (Å²) in [6.45, 7) is 0. The molecule has 98 valence electrons. The van der Waals surface area contributed by atoms with Gasteiger partial charge >= 0.3 is 0 Å². The molecule has 0 radical (unpaired) electrons. The molecule has 1 N–H and O–H groups in total. The van der Waals surface area contributed by atoms with Crippen LogP contribution in [0.4, 0.5) is 4.39 Å². The summed E-state index contributed by atoms with van der Waals surface area (Å²) >= 11 is 7.48. The molecule has 0 spiro atoms. The van der Waals surface area contributed by atoms with Crippen molar-refractivity contribution in [2.45, 2.75) is 0 Å². The van der Waals surface area contributed by atoms with Crippen LogP contribution < -0.4 is 0 Å². The van der Waals surface area contributed by atoms with Crippen molar-refractivity contribution < 1.29 is 4.39 Å². The van der Waals surface area contributed by atoms with Crippen molar-refractivity contribution in [2.24, 2.45) is 0 Å². The molecule has 3 rings (SSSR count). The Bertz CT molecular complexity index is 920. The van der Waals surface area contributed by atoms with Crippen molar-refractivity contribution in [1.82, 2.24) is 9.55 Å². The van der Waals surface area contributed by atoms with Crippen molar-refractivity contribution in [3.05, 3.63) is 56.1 Å². The van der Waals surface area contributed by atoms with Crippen LogP contribution in [0.2, 0.25) is 0 Å². The number of rotatable bonds is 1. The first kappa shape index (κ1) is 13.3. The van der Waals surface area contributed by atoms with Crippen molar-refractivity contribution >= 4 is 45.8 Å². The molecule has 1 aromatic heterocycles. The predicted octanol–water partition coefficient (Wildman–Crippen LogP) is 4.30. The third-order valence-corrected chi connectivity index (χ3v) is 3.92. The number of fused-ring (bicyclic) bond motifs is 1. The summed E-state index contributed by atoms with van der Waals surface area (Å²) in [4.78, 5) is 3.06. The molecule has 0 fully saturated rings. The Morgan fingerprint density at radius 1 is 1.25 bits per heavy atom. The average Bonchev–Trinajstić information content (AvgIpc) is 2.73. The molecular formula is C14H7FIN3S. The molecule has 1 heterocycles. The maximum atomic E-state index is 14.2. The van der Waals surface area contributed by atoms with Gasteiger partial charge in [-0.05, 0) is 71.2 Å². The maximum Gasteiger partial charge on any atom is 0.182 e. The van der Waals surface area contributed by atoms with Gasteiger partial charge in [0.1, 0.15) is 5.82 Å². The first-order chi connectivity index (χ1) is 9.60. The fraction of sp³-hybridized carbons (Fsp3) is 0. The van der Waals surface area contributed by atoms with E-state index in [2.05, 4.69) is 27.6 Å². The highest BCUT2D eigenvalue weighted by atomic mass is 127. The number of aromatic amines is 1. The molecule has 0 aliphatic heterocycles. The molecule has 6 heteroatoms. The van der Waals surface area contributed by atoms with E-state index in [4.69, 9.17) is 17.5 Å². The summed E-state index contributed by atoms with van der Waals surface area (Å²) in [5.41, 5.74) is 2.28. The number of hydrogen-bond donors (Lipinski definition) is 1. The number of aromatic nitrogens is 2. The van der Waals surface area contributed by atoms with Crippen LogP contribution in [0, 0.1) is 25.5 Å². The molecule has 20 heavy (non-hydrogen) atoms. The van der Waals surface area contributed by atoms with Gasteiger partial charge in [0.25, 0.3) is 0 Å². The van der Waals surface area contributed by atoms with Crippen LogP contribution >= 0.6 is 34.8 Å². The number of halogens is 2. The predicted molar refractivity (Wildman–Crippen MR) is 85.8 cm³/mol. The molecule has 0 aliphatic carbocycles. The Morgan fingerprint density at radius 2 is 2.05 bits per heavy atom. The number of H-pyrrole nitrogens is 1. The van der Waals surface area contributed by atoms with Crippen LogP contribution in [0.15, 0.2) is 36.4 Å². The molecule has 3 aromatic rings. The van der Waals surface area contributed by atoms with Crippen LogP contribution in [-0.4, -0.2) is 9.55 Å². The van der Waals surface area contributed by atoms with Crippen molar-refractivity contribution in [3.8, 4) is 11.8 Å². The lowest BCUT2D eigenvalue weighted by Crippen LogP contribution is -1.98. The standard InChI is InChI=1S/C14H7FIN3S/c15-10-5-8(7-17)1-3-12(10)19-13-4-2-9(16)6-11(13)18-14(19)20/h1-6H,(H,18,20). The molecule has 2 aromatic carbocycles. The Hall–Kier alpha value is -1.72. The minimum absolute atomic E-state index is 0.284. The van der Waals surface area contributed by atoms with Gasteiger partial charge in [0.05, 0.1) is 28.4 Å². The SMILES string of the molecule is N#Cc1ccc(-n2c(=S)[nH]c3cc(I)ccc32)c(F)c1. The molecular weight excluding hydrogens is 388 g/mol. The fourth-order valence-corrected chi connectivity index (χ4v) is 2.88. The third-order valence-electron chi connectivity index (χ3n) is 2.96. The summed E-state index contributed by atoms with van der Waals surface area (Å²) in [7, 11) is 0. The van der Waals surface area contributed by atoms with E-state index >= 15 is 0 Å². The molecule has 3 nitrogen and oxygen atoms in total. The summed E-state index contributed by atoms with van der Waals surface area (Å²) in [5.74, 6) is -0.473. The minimum Gasteiger partial charge on any atom is -0.330 e. The summed E-state index contributed by atoms with van der Waals surface area (Å²) in [6.07, 6.45) is 0. The van der Waals surface area contributed by atoms with Crippen molar-refractivity contribution in [2.75, 3.05) is 0 Å². The number of imidazole rings is 1. The van der Waals surface area contributed by atoms with Gasteiger partial charge in [-0.2, -0.15) is 5.26 Å². The molecule has 0 amide bonds. The lowest BCUT2D eigenvalue weighted by Gasteiger charge is -2.06. The van der Waals surface area contributed by atoms with Gasteiger partial charge in [-0.15, -0.1) is 0 Å². The van der Waals surface area contributed by atoms with Gasteiger partial charge < -0.3 is 4.98 Å². The van der Waals surface area contributed by atoms with Gasteiger partial charge in [-0.1, -0.05) is 0 Å². The van der Waals surface area contributed by atoms with Crippen molar-refractivity contribution in [3.63, 3.8) is 0 Å². The summed E-state index contributed by atoms with van der Waals surface area (Å²) in [6, 6.07) is 12.0. The number of benzene rings is 2. The Kier molecular flexibility index (Phi) is 3.31. The number of nitriles is 1. The second kappa shape index (κ2) is 5.00. The molecule has 0 saturated carbocycles. The fourth-order valence-electron chi connectivity index (χ4n) is 2.08. The largest absolute Gasteiger partial charge is 0.330 e. The first-order valence-corrected chi connectivity index (χ1v) is 7.19. The zero-order valence-corrected chi connectivity index (χ0v) is 13.0. The Morgan fingerprint density at radius 3 is 2.75 bits per heavy atom. The zero-order valence-electron chi connectivity index (χ0n) is 10.0. The molecule has 0 saturated heterocycles. The van der Waals surface area contributed by atoms with Crippen LogP contribution in [0.3, 0.4) is 0 Å². The second-order valence-electron chi connectivity index (χ2n) is 4.21. The molecule has 0 aliphatic rings. The van der Waals surface area contributed by atoms with E-state index in [1.807, 2.05) is 24.3 Å². The normalized spacial score (nSPS) is 10.7. The zero-order chi connectivity index (χ0) is 14.3. The van der Waals surface area contributed by atoms with Gasteiger partial charge in [0.15, 0.2) is 4.77 Å². The lowest BCUT2D eigenvalue weighted by molar-refractivity contribution is 0.618. The number of nitrogens with zero attached hydrogens (tertiary/aromatic N) is 2. The van der Waals surface area contributed by atoms with Gasteiger partial charge in [0.2, 0.25) is 0 Å². The topological polar surface area (TPSA) is 44.5 Å². The minimum atomic E-state index is -0.473. The van der Waals surface area contributed by atoms with Crippen LogP contribution in [0.1, 0.15) is 5.56 Å². The smallest absolute Gasteiger partial charge is 0.182 e. The average molecular weight is 395 g/mol. The molecule has 0 unspecified atom stereocenters. The number of hydrogen-bond acceptors (Lipinski definition) is 2. The van der Waals surface area contributed by atoms with E-state index in [0.717, 1.165) is 14.6 Å². The van der Waals surface area contributed by atoms with Crippen LogP contribution in [-0.2, 0) is 0 Å². The monoisotopic (exact) mass is 395 g/mol. The Balaban J connectivity index is 2.33.